The zero-order chi connectivity index (χ0) is 9.84. The lowest BCUT2D eigenvalue weighted by Gasteiger charge is -2.29. The Morgan fingerprint density at radius 1 is 1.46 bits per heavy atom. The smallest absolute Gasteiger partial charge is 0.251 e. The van der Waals surface area contributed by atoms with Gasteiger partial charge in [0.25, 0.3) is 6.43 Å². The summed E-state index contributed by atoms with van der Waals surface area (Å²) in [6.07, 6.45) is 1.07. The Morgan fingerprint density at radius 2 is 2.15 bits per heavy atom. The molecule has 0 aromatic rings. The van der Waals surface area contributed by atoms with Gasteiger partial charge in [-0.25, -0.2) is 8.78 Å². The van der Waals surface area contributed by atoms with Gasteiger partial charge in [0.1, 0.15) is 0 Å². The van der Waals surface area contributed by atoms with Gasteiger partial charge in [0.2, 0.25) is 0 Å². The maximum Gasteiger partial charge on any atom is 0.251 e. The number of hydrogen-bond acceptors (Lipinski definition) is 2. The molecule has 0 aromatic carbocycles. The molecule has 0 spiro atoms. The molecular formula is C9H18F2N2. The van der Waals surface area contributed by atoms with E-state index in [0.29, 0.717) is 12.1 Å². The SMILES string of the molecule is CNC1CCCC1N(C)CC(F)F. The number of hydrogen-bond donors (Lipinski definition) is 1. The molecule has 0 heterocycles. The monoisotopic (exact) mass is 192 g/mol. The molecule has 1 fully saturated rings. The number of likely N-dealkylation sites (N-methyl/N-ethyl adjacent to an activating group) is 2. The van der Waals surface area contributed by atoms with Crippen molar-refractivity contribution in [2.75, 3.05) is 20.6 Å². The van der Waals surface area contributed by atoms with Gasteiger partial charge in [0.15, 0.2) is 0 Å². The third-order valence-corrected chi connectivity index (χ3v) is 2.84. The van der Waals surface area contributed by atoms with Crippen molar-refractivity contribution in [3.63, 3.8) is 0 Å². The summed E-state index contributed by atoms with van der Waals surface area (Å²) >= 11 is 0. The van der Waals surface area contributed by atoms with Crippen molar-refractivity contribution in [1.82, 2.24) is 10.2 Å². The van der Waals surface area contributed by atoms with E-state index in [4.69, 9.17) is 0 Å². The Hall–Kier alpha value is -0.220. The first-order valence-corrected chi connectivity index (χ1v) is 4.80. The summed E-state index contributed by atoms with van der Waals surface area (Å²) in [4.78, 5) is 1.78. The van der Waals surface area contributed by atoms with Crippen LogP contribution in [-0.2, 0) is 0 Å². The van der Waals surface area contributed by atoms with Crippen LogP contribution in [0.5, 0.6) is 0 Å². The van der Waals surface area contributed by atoms with E-state index in [2.05, 4.69) is 5.32 Å². The van der Waals surface area contributed by atoms with Crippen LogP contribution in [0.15, 0.2) is 0 Å². The van der Waals surface area contributed by atoms with Gasteiger partial charge in [-0.1, -0.05) is 6.42 Å². The van der Waals surface area contributed by atoms with E-state index in [-0.39, 0.29) is 6.54 Å². The highest BCUT2D eigenvalue weighted by molar-refractivity contribution is 4.88. The van der Waals surface area contributed by atoms with E-state index in [9.17, 15) is 8.78 Å². The minimum atomic E-state index is -2.22. The lowest BCUT2D eigenvalue weighted by atomic mass is 10.1. The molecule has 78 valence electrons. The molecule has 1 aliphatic carbocycles. The lowest BCUT2D eigenvalue weighted by Crippen LogP contribution is -2.45. The number of halogens is 2. The zero-order valence-corrected chi connectivity index (χ0v) is 8.26. The highest BCUT2D eigenvalue weighted by Crippen LogP contribution is 2.23. The average molecular weight is 192 g/mol. The molecule has 2 unspecified atom stereocenters. The van der Waals surface area contributed by atoms with Gasteiger partial charge in [-0.2, -0.15) is 0 Å². The summed E-state index contributed by atoms with van der Waals surface area (Å²) in [5.41, 5.74) is 0. The van der Waals surface area contributed by atoms with Crippen LogP contribution in [0, 0.1) is 0 Å². The number of nitrogens with one attached hydrogen (secondary N) is 1. The fourth-order valence-corrected chi connectivity index (χ4v) is 2.16. The van der Waals surface area contributed by atoms with Crippen molar-refractivity contribution in [3.05, 3.63) is 0 Å². The Bertz CT molecular complexity index is 153. The predicted octanol–water partition coefficient (Wildman–Crippen LogP) is 1.32. The first kappa shape index (κ1) is 10.9. The zero-order valence-electron chi connectivity index (χ0n) is 8.26. The Labute approximate surface area is 78.3 Å². The molecule has 0 bridgehead atoms. The predicted molar refractivity (Wildman–Crippen MR) is 49.1 cm³/mol. The van der Waals surface area contributed by atoms with Gasteiger partial charge in [-0.3, -0.25) is 4.90 Å². The summed E-state index contributed by atoms with van der Waals surface area (Å²) in [6.45, 7) is -0.108. The quantitative estimate of drug-likeness (QED) is 0.722. The second-order valence-electron chi connectivity index (χ2n) is 3.72. The van der Waals surface area contributed by atoms with Crippen molar-refractivity contribution in [3.8, 4) is 0 Å². The van der Waals surface area contributed by atoms with Crippen molar-refractivity contribution in [1.29, 1.82) is 0 Å². The third-order valence-electron chi connectivity index (χ3n) is 2.84. The molecule has 2 nitrogen and oxygen atoms in total. The van der Waals surface area contributed by atoms with E-state index in [1.807, 2.05) is 7.05 Å². The molecular weight excluding hydrogens is 174 g/mol. The van der Waals surface area contributed by atoms with Crippen molar-refractivity contribution < 1.29 is 8.78 Å². The first-order valence-electron chi connectivity index (χ1n) is 4.80. The minimum absolute atomic E-state index is 0.108. The summed E-state index contributed by atoms with van der Waals surface area (Å²) in [6, 6.07) is 0.683. The number of rotatable bonds is 4. The Morgan fingerprint density at radius 3 is 2.69 bits per heavy atom. The second-order valence-corrected chi connectivity index (χ2v) is 3.72. The maximum atomic E-state index is 12.1. The van der Waals surface area contributed by atoms with E-state index >= 15 is 0 Å². The van der Waals surface area contributed by atoms with Crippen LogP contribution in [0.2, 0.25) is 0 Å². The maximum absolute atomic E-state index is 12.1. The fourth-order valence-electron chi connectivity index (χ4n) is 2.16. The van der Waals surface area contributed by atoms with Crippen molar-refractivity contribution in [2.45, 2.75) is 37.8 Å². The number of nitrogens with zero attached hydrogens (tertiary/aromatic N) is 1. The molecule has 4 heteroatoms. The van der Waals surface area contributed by atoms with Crippen molar-refractivity contribution >= 4 is 0 Å². The second kappa shape index (κ2) is 4.86. The van der Waals surface area contributed by atoms with Crippen LogP contribution in [0.25, 0.3) is 0 Å². The van der Waals surface area contributed by atoms with Crippen LogP contribution in [0.4, 0.5) is 8.78 Å². The van der Waals surface area contributed by atoms with Gasteiger partial charge in [0, 0.05) is 12.1 Å². The van der Waals surface area contributed by atoms with Crippen LogP contribution < -0.4 is 5.32 Å². The molecule has 0 saturated heterocycles. The molecule has 13 heavy (non-hydrogen) atoms. The van der Waals surface area contributed by atoms with Gasteiger partial charge < -0.3 is 5.32 Å². The van der Waals surface area contributed by atoms with Crippen LogP contribution >= 0.6 is 0 Å². The average Bonchev–Trinajstić information content (AvgIpc) is 2.49. The van der Waals surface area contributed by atoms with Crippen LogP contribution in [-0.4, -0.2) is 44.0 Å². The molecule has 2 atom stereocenters. The topological polar surface area (TPSA) is 15.3 Å². The van der Waals surface area contributed by atoms with E-state index < -0.39 is 6.43 Å². The van der Waals surface area contributed by atoms with Crippen molar-refractivity contribution in [2.24, 2.45) is 0 Å². The highest BCUT2D eigenvalue weighted by Gasteiger charge is 2.29. The summed E-state index contributed by atoms with van der Waals surface area (Å²) in [5.74, 6) is 0. The van der Waals surface area contributed by atoms with Gasteiger partial charge in [0.05, 0.1) is 6.54 Å². The van der Waals surface area contributed by atoms with Gasteiger partial charge in [-0.05, 0) is 26.9 Å². The Kier molecular flexibility index (Phi) is 4.06. The standard InChI is InChI=1S/C9H18F2N2/c1-12-7-4-3-5-8(7)13(2)6-9(10)11/h7-9,12H,3-6H2,1-2H3. The largest absolute Gasteiger partial charge is 0.315 e. The number of alkyl halides is 2. The van der Waals surface area contributed by atoms with E-state index in [1.165, 1.54) is 0 Å². The molecule has 0 radical (unpaired) electrons. The molecule has 1 rings (SSSR count). The Balaban J connectivity index is 2.40. The molecule has 0 aromatic heterocycles. The fraction of sp³-hybridized carbons (Fsp3) is 1.00. The van der Waals surface area contributed by atoms with Crippen LogP contribution in [0.1, 0.15) is 19.3 Å². The summed E-state index contributed by atoms with van der Waals surface area (Å²) in [5, 5.41) is 3.18. The van der Waals surface area contributed by atoms with Crippen LogP contribution in [0.3, 0.4) is 0 Å². The minimum Gasteiger partial charge on any atom is -0.315 e. The molecule has 1 saturated carbocycles. The molecule has 1 aliphatic rings. The molecule has 1 N–H and O–H groups in total. The molecule has 0 amide bonds. The lowest BCUT2D eigenvalue weighted by molar-refractivity contribution is 0.0762. The normalized spacial score (nSPS) is 29.1. The van der Waals surface area contributed by atoms with E-state index in [0.717, 1.165) is 19.3 Å². The third kappa shape index (κ3) is 2.88. The summed E-state index contributed by atoms with van der Waals surface area (Å²) in [7, 11) is 3.69. The van der Waals surface area contributed by atoms with Gasteiger partial charge in [-0.15, -0.1) is 0 Å². The van der Waals surface area contributed by atoms with Gasteiger partial charge >= 0.3 is 0 Å². The highest BCUT2D eigenvalue weighted by atomic mass is 19.3. The molecule has 0 aliphatic heterocycles. The summed E-state index contributed by atoms with van der Waals surface area (Å²) < 4.78 is 24.2. The first-order chi connectivity index (χ1) is 6.15. The van der Waals surface area contributed by atoms with E-state index in [1.54, 1.807) is 11.9 Å².